The van der Waals surface area contributed by atoms with Crippen LogP contribution >= 0.6 is 0 Å². The minimum Gasteiger partial charge on any atom is -0.467 e. The van der Waals surface area contributed by atoms with Gasteiger partial charge in [0.05, 0.1) is 38.1 Å². The van der Waals surface area contributed by atoms with E-state index in [0.717, 1.165) is 42.8 Å². The quantitative estimate of drug-likeness (QED) is 0.468. The van der Waals surface area contributed by atoms with Crippen molar-refractivity contribution in [3.63, 3.8) is 0 Å². The summed E-state index contributed by atoms with van der Waals surface area (Å²) in [6.07, 6.45) is 5.87. The number of nitrogens with zero attached hydrogens (tertiary/aromatic N) is 6. The van der Waals surface area contributed by atoms with Crippen molar-refractivity contribution in [2.75, 3.05) is 38.3 Å². The molecule has 3 atom stereocenters. The summed E-state index contributed by atoms with van der Waals surface area (Å²) in [4.78, 5) is 26.3. The third kappa shape index (κ3) is 3.94. The third-order valence-electron chi connectivity index (χ3n) is 9.41. The van der Waals surface area contributed by atoms with Crippen LogP contribution in [0.5, 0.6) is 6.01 Å². The van der Waals surface area contributed by atoms with Crippen molar-refractivity contribution in [1.82, 2.24) is 24.6 Å². The van der Waals surface area contributed by atoms with Crippen molar-refractivity contribution < 1.29 is 19.0 Å². The van der Waals surface area contributed by atoms with Gasteiger partial charge < -0.3 is 24.0 Å². The van der Waals surface area contributed by atoms with E-state index in [4.69, 9.17) is 29.3 Å². The molecule has 40 heavy (non-hydrogen) atoms. The highest BCUT2D eigenvalue weighted by Crippen LogP contribution is 2.61. The van der Waals surface area contributed by atoms with Gasteiger partial charge in [0, 0.05) is 36.0 Å². The molecule has 212 valence electrons. The van der Waals surface area contributed by atoms with Gasteiger partial charge in [-0.3, -0.25) is 0 Å². The van der Waals surface area contributed by atoms with Gasteiger partial charge in [-0.1, -0.05) is 0 Å². The Hall–Kier alpha value is -3.40. The van der Waals surface area contributed by atoms with E-state index in [1.165, 1.54) is 24.0 Å². The number of methoxy groups -OCH3 is 1. The third-order valence-corrected chi connectivity index (χ3v) is 9.41. The van der Waals surface area contributed by atoms with Gasteiger partial charge in [0.2, 0.25) is 0 Å². The van der Waals surface area contributed by atoms with Gasteiger partial charge in [0.1, 0.15) is 11.4 Å². The Morgan fingerprint density at radius 1 is 1.07 bits per heavy atom. The first-order valence-corrected chi connectivity index (χ1v) is 14.4. The summed E-state index contributed by atoms with van der Waals surface area (Å²) >= 11 is 0. The Kier molecular flexibility index (Phi) is 5.79. The lowest BCUT2D eigenvalue weighted by Crippen LogP contribution is -2.77. The first-order chi connectivity index (χ1) is 19.2. The van der Waals surface area contributed by atoms with Crippen molar-refractivity contribution in [2.45, 2.75) is 77.0 Å². The van der Waals surface area contributed by atoms with Crippen molar-refractivity contribution in [3.8, 4) is 11.8 Å². The predicted octanol–water partition coefficient (Wildman–Crippen LogP) is 4.61. The number of carbonyl (C=O) groups excluding carboxylic acids is 1. The van der Waals surface area contributed by atoms with E-state index >= 15 is 0 Å². The lowest BCUT2D eigenvalue weighted by Gasteiger charge is -2.67. The van der Waals surface area contributed by atoms with E-state index in [0.29, 0.717) is 48.3 Å². The first kappa shape index (κ1) is 25.6. The van der Waals surface area contributed by atoms with E-state index < -0.39 is 5.60 Å². The van der Waals surface area contributed by atoms with Gasteiger partial charge in [-0.15, -0.1) is 0 Å². The average Bonchev–Trinajstić information content (AvgIpc) is 3.53. The molecular weight excluding hydrogens is 508 g/mol. The Labute approximate surface area is 234 Å². The molecule has 1 aliphatic carbocycles. The summed E-state index contributed by atoms with van der Waals surface area (Å²) in [7, 11) is 1.61. The number of hydrogen-bond donors (Lipinski definition) is 0. The largest absolute Gasteiger partial charge is 0.467 e. The van der Waals surface area contributed by atoms with Crippen LogP contribution in [0.4, 0.5) is 10.6 Å². The van der Waals surface area contributed by atoms with E-state index in [9.17, 15) is 4.79 Å². The summed E-state index contributed by atoms with van der Waals surface area (Å²) in [6, 6.07) is 7.69. The van der Waals surface area contributed by atoms with Crippen molar-refractivity contribution >= 4 is 22.8 Å². The number of rotatable bonds is 4. The van der Waals surface area contributed by atoms with Gasteiger partial charge >= 0.3 is 12.1 Å². The van der Waals surface area contributed by atoms with Gasteiger partial charge in [-0.05, 0) is 82.6 Å². The Morgan fingerprint density at radius 2 is 1.85 bits per heavy atom. The lowest BCUT2D eigenvalue weighted by molar-refractivity contribution is -0.0131. The molecule has 3 unspecified atom stereocenters. The molecule has 4 fully saturated rings. The number of anilines is 1. The molecule has 5 heterocycles. The molecular formula is C30H38N6O4. The zero-order chi connectivity index (χ0) is 27.8. The van der Waals surface area contributed by atoms with Gasteiger partial charge in [0.25, 0.3) is 0 Å². The van der Waals surface area contributed by atoms with Crippen molar-refractivity contribution in [3.05, 3.63) is 35.5 Å². The lowest BCUT2D eigenvalue weighted by atomic mass is 9.54. The molecule has 7 rings (SSSR count). The maximum atomic E-state index is 12.6. The highest BCUT2D eigenvalue weighted by molar-refractivity contribution is 5.82. The first-order valence-electron chi connectivity index (χ1n) is 14.4. The van der Waals surface area contributed by atoms with Crippen molar-refractivity contribution in [1.29, 1.82) is 0 Å². The molecule has 1 amide bonds. The second-order valence-electron chi connectivity index (χ2n) is 12.9. The fourth-order valence-corrected chi connectivity index (χ4v) is 7.31. The summed E-state index contributed by atoms with van der Waals surface area (Å²) < 4.78 is 18.9. The number of carbonyl (C=O) groups is 1. The Bertz CT molecular complexity index is 1470. The number of likely N-dealkylation sites (tertiary alicyclic amines) is 1. The maximum Gasteiger partial charge on any atom is 0.410 e. The maximum absolute atomic E-state index is 12.6. The number of benzene rings is 1. The fraction of sp³-hybridized carbons (Fsp3) is 0.600. The summed E-state index contributed by atoms with van der Waals surface area (Å²) in [5.41, 5.74) is 3.37. The molecule has 0 N–H and O–H groups in total. The zero-order valence-corrected chi connectivity index (χ0v) is 24.0. The minimum absolute atomic E-state index is 0.227. The van der Waals surface area contributed by atoms with Crippen LogP contribution in [0.1, 0.15) is 63.5 Å². The smallest absolute Gasteiger partial charge is 0.410 e. The molecule has 0 bridgehead atoms. The Balaban J connectivity index is 1.17. The summed E-state index contributed by atoms with van der Waals surface area (Å²) in [5.74, 6) is 1.93. The molecule has 3 aliphatic heterocycles. The summed E-state index contributed by atoms with van der Waals surface area (Å²) in [5, 5.41) is 5.82. The zero-order valence-electron chi connectivity index (χ0n) is 24.0. The number of fused-ring (bicyclic) bond motifs is 1. The number of ether oxygens (including phenoxy) is 3. The molecule has 3 saturated heterocycles. The van der Waals surface area contributed by atoms with Gasteiger partial charge in [0.15, 0.2) is 5.82 Å². The van der Waals surface area contributed by atoms with Crippen LogP contribution in [-0.2, 0) is 9.47 Å². The van der Waals surface area contributed by atoms with Crippen LogP contribution < -0.4 is 9.64 Å². The second kappa shape index (κ2) is 9.06. The Morgan fingerprint density at radius 3 is 2.55 bits per heavy atom. The van der Waals surface area contributed by atoms with E-state index in [2.05, 4.69) is 24.0 Å². The van der Waals surface area contributed by atoms with Gasteiger partial charge in [-0.2, -0.15) is 15.1 Å². The molecule has 1 saturated carbocycles. The monoisotopic (exact) mass is 546 g/mol. The van der Waals surface area contributed by atoms with Crippen LogP contribution in [0.25, 0.3) is 16.7 Å². The minimum atomic E-state index is -0.487. The summed E-state index contributed by atoms with van der Waals surface area (Å²) in [6.45, 7) is 10.9. The van der Waals surface area contributed by atoms with E-state index in [1.54, 1.807) is 7.11 Å². The number of aromatic nitrogens is 4. The molecule has 4 aliphatic rings. The van der Waals surface area contributed by atoms with Crippen LogP contribution in [-0.4, -0.2) is 81.8 Å². The normalized spacial score (nSPS) is 26.2. The van der Waals surface area contributed by atoms with Gasteiger partial charge in [-0.25, -0.2) is 9.48 Å². The molecule has 0 radical (unpaired) electrons. The highest BCUT2D eigenvalue weighted by Gasteiger charge is 2.69. The molecule has 1 spiro atoms. The predicted molar refractivity (Wildman–Crippen MR) is 150 cm³/mol. The SMILES string of the molecule is COc1nc(N2C3CCC34COCC24)cc(-n2ncc3cc(C)c(C4CCN(C(=O)OC(C)(C)C)CC4)cc32)n1. The molecule has 3 aromatic rings. The van der Waals surface area contributed by atoms with Crippen LogP contribution in [0.15, 0.2) is 24.4 Å². The number of aryl methyl sites for hydroxylation is 1. The molecule has 10 nitrogen and oxygen atoms in total. The molecule has 10 heteroatoms. The molecule has 1 aromatic carbocycles. The van der Waals surface area contributed by atoms with Crippen LogP contribution in [0, 0.1) is 12.3 Å². The second-order valence-corrected chi connectivity index (χ2v) is 12.9. The standard InChI is InChI=1S/C30H38N6O4/c1-18-12-20-15-31-36(22(20)13-21(18)19-7-10-34(11-8-19)28(37)40-29(2,3)4)26-14-25(32-27(33-26)38-5)35-23-6-9-30(23)17-39-16-24(30)35/h12-15,19,23-24H,6-11,16-17H2,1-5H3. The highest BCUT2D eigenvalue weighted by atomic mass is 16.6. The number of amides is 1. The van der Waals surface area contributed by atoms with E-state index in [1.807, 2.05) is 42.6 Å². The number of hydrogen-bond acceptors (Lipinski definition) is 8. The van der Waals surface area contributed by atoms with Crippen molar-refractivity contribution in [2.24, 2.45) is 5.41 Å². The van der Waals surface area contributed by atoms with Crippen LogP contribution in [0.3, 0.4) is 0 Å². The number of piperidine rings is 2. The fourth-order valence-electron chi connectivity index (χ4n) is 7.31. The van der Waals surface area contributed by atoms with E-state index in [-0.39, 0.29) is 6.09 Å². The van der Waals surface area contributed by atoms with Crippen LogP contribution in [0.2, 0.25) is 0 Å². The average molecular weight is 547 g/mol. The topological polar surface area (TPSA) is 94.8 Å². The molecule has 2 aromatic heterocycles.